The van der Waals surface area contributed by atoms with Crippen LogP contribution in [-0.2, 0) is 10.2 Å². The Balaban J connectivity index is 2.09. The van der Waals surface area contributed by atoms with E-state index in [2.05, 4.69) is 31.3 Å². The van der Waals surface area contributed by atoms with Gasteiger partial charge in [0.1, 0.15) is 5.75 Å². The van der Waals surface area contributed by atoms with E-state index in [9.17, 15) is 4.79 Å². The second kappa shape index (κ2) is 7.82. The molecular formula is C19H30N2O2. The van der Waals surface area contributed by atoms with Crippen molar-refractivity contribution in [3.05, 3.63) is 29.8 Å². The third kappa shape index (κ3) is 4.05. The van der Waals surface area contributed by atoms with Crippen molar-refractivity contribution in [2.75, 3.05) is 33.8 Å². The highest BCUT2D eigenvalue weighted by molar-refractivity contribution is 5.89. The van der Waals surface area contributed by atoms with Crippen molar-refractivity contribution in [2.45, 2.75) is 38.5 Å². The molecule has 4 heteroatoms. The van der Waals surface area contributed by atoms with Crippen LogP contribution in [0.15, 0.2) is 24.3 Å². The number of ether oxygens (including phenoxy) is 1. The van der Waals surface area contributed by atoms with Crippen LogP contribution in [0.25, 0.3) is 0 Å². The third-order valence-electron chi connectivity index (χ3n) is 4.65. The first kappa shape index (κ1) is 17.8. The van der Waals surface area contributed by atoms with Crippen LogP contribution in [0.1, 0.15) is 38.7 Å². The average molecular weight is 318 g/mol. The van der Waals surface area contributed by atoms with Crippen molar-refractivity contribution in [2.24, 2.45) is 5.92 Å². The Bertz CT molecular complexity index is 507. The minimum atomic E-state index is -0.320. The number of rotatable bonds is 8. The summed E-state index contributed by atoms with van der Waals surface area (Å²) in [5.41, 5.74) is 0.806. The van der Waals surface area contributed by atoms with Gasteiger partial charge in [-0.3, -0.25) is 4.79 Å². The number of benzene rings is 1. The third-order valence-corrected chi connectivity index (χ3v) is 4.65. The number of amides is 1. The number of nitrogens with zero attached hydrogens (tertiary/aromatic N) is 1. The summed E-state index contributed by atoms with van der Waals surface area (Å²) < 4.78 is 5.74. The molecule has 128 valence electrons. The summed E-state index contributed by atoms with van der Waals surface area (Å²) >= 11 is 0. The fourth-order valence-corrected chi connectivity index (χ4v) is 3.04. The molecule has 1 aliphatic carbocycles. The highest BCUT2D eigenvalue weighted by atomic mass is 16.5. The van der Waals surface area contributed by atoms with Gasteiger partial charge in [-0.25, -0.2) is 0 Å². The SMILES string of the molecule is CNCCN(C)C(=O)C1(c2ccc(OCC(C)C)cc2)CCC1. The summed E-state index contributed by atoms with van der Waals surface area (Å²) in [6.45, 7) is 6.55. The van der Waals surface area contributed by atoms with Crippen molar-refractivity contribution in [3.63, 3.8) is 0 Å². The van der Waals surface area contributed by atoms with Gasteiger partial charge in [0.15, 0.2) is 0 Å². The van der Waals surface area contributed by atoms with Crippen molar-refractivity contribution < 1.29 is 9.53 Å². The first-order chi connectivity index (χ1) is 11.0. The molecule has 0 spiro atoms. The number of carbonyl (C=O) groups is 1. The van der Waals surface area contributed by atoms with Crippen LogP contribution >= 0.6 is 0 Å². The largest absolute Gasteiger partial charge is 0.493 e. The molecule has 0 aromatic heterocycles. The molecule has 2 rings (SSSR count). The Morgan fingerprint density at radius 2 is 1.96 bits per heavy atom. The molecule has 1 fully saturated rings. The standard InChI is InChI=1S/C19H30N2O2/c1-15(2)14-23-17-8-6-16(7-9-17)19(10-5-11-19)18(22)21(4)13-12-20-3/h6-9,15,20H,5,10-14H2,1-4H3. The number of carbonyl (C=O) groups excluding carboxylic acids is 1. The van der Waals surface area contributed by atoms with Gasteiger partial charge in [0.05, 0.1) is 12.0 Å². The minimum absolute atomic E-state index is 0.245. The van der Waals surface area contributed by atoms with Gasteiger partial charge < -0.3 is 15.0 Å². The predicted molar refractivity (Wildman–Crippen MR) is 93.9 cm³/mol. The molecular weight excluding hydrogens is 288 g/mol. The van der Waals surface area contributed by atoms with Crippen LogP contribution in [0.5, 0.6) is 5.75 Å². The molecule has 0 unspecified atom stereocenters. The fourth-order valence-electron chi connectivity index (χ4n) is 3.04. The molecule has 1 N–H and O–H groups in total. The summed E-state index contributed by atoms with van der Waals surface area (Å²) in [4.78, 5) is 14.8. The Hall–Kier alpha value is -1.55. The minimum Gasteiger partial charge on any atom is -0.493 e. The molecule has 1 saturated carbocycles. The van der Waals surface area contributed by atoms with Gasteiger partial charge in [0.25, 0.3) is 0 Å². The van der Waals surface area contributed by atoms with E-state index in [0.717, 1.165) is 50.3 Å². The molecule has 0 radical (unpaired) electrons. The number of nitrogens with one attached hydrogen (secondary N) is 1. The molecule has 0 aliphatic heterocycles. The zero-order valence-electron chi connectivity index (χ0n) is 14.9. The van der Waals surface area contributed by atoms with E-state index in [1.54, 1.807) is 0 Å². The van der Waals surface area contributed by atoms with Crippen LogP contribution in [0.3, 0.4) is 0 Å². The summed E-state index contributed by atoms with van der Waals surface area (Å²) in [5, 5.41) is 3.10. The van der Waals surface area contributed by atoms with Crippen LogP contribution in [0.2, 0.25) is 0 Å². The van der Waals surface area contributed by atoms with E-state index in [1.165, 1.54) is 0 Å². The van der Waals surface area contributed by atoms with E-state index in [1.807, 2.05) is 31.1 Å². The summed E-state index contributed by atoms with van der Waals surface area (Å²) in [7, 11) is 3.81. The van der Waals surface area contributed by atoms with Crippen LogP contribution in [-0.4, -0.2) is 44.6 Å². The summed E-state index contributed by atoms with van der Waals surface area (Å²) in [5.74, 6) is 1.64. The maximum absolute atomic E-state index is 12.9. The topological polar surface area (TPSA) is 41.6 Å². The quantitative estimate of drug-likeness (QED) is 0.801. The maximum atomic E-state index is 12.9. The van der Waals surface area contributed by atoms with Gasteiger partial charge in [-0.1, -0.05) is 32.4 Å². The van der Waals surface area contributed by atoms with Gasteiger partial charge in [-0.2, -0.15) is 0 Å². The summed E-state index contributed by atoms with van der Waals surface area (Å²) in [6, 6.07) is 8.13. The van der Waals surface area contributed by atoms with Gasteiger partial charge in [-0.15, -0.1) is 0 Å². The maximum Gasteiger partial charge on any atom is 0.233 e. The lowest BCUT2D eigenvalue weighted by Crippen LogP contribution is -2.50. The first-order valence-electron chi connectivity index (χ1n) is 8.63. The number of hydrogen-bond donors (Lipinski definition) is 1. The first-order valence-corrected chi connectivity index (χ1v) is 8.63. The Morgan fingerprint density at radius 3 is 2.43 bits per heavy atom. The van der Waals surface area contributed by atoms with Crippen molar-refractivity contribution >= 4 is 5.91 Å². The molecule has 1 aromatic rings. The molecule has 0 saturated heterocycles. The molecule has 4 nitrogen and oxygen atoms in total. The normalized spacial score (nSPS) is 16.0. The monoisotopic (exact) mass is 318 g/mol. The smallest absolute Gasteiger partial charge is 0.233 e. The molecule has 1 aliphatic rings. The molecule has 0 bridgehead atoms. The van der Waals surface area contributed by atoms with Crippen molar-refractivity contribution in [3.8, 4) is 5.75 Å². The number of likely N-dealkylation sites (N-methyl/N-ethyl adjacent to an activating group) is 2. The summed E-state index contributed by atoms with van der Waals surface area (Å²) in [6.07, 6.45) is 3.01. The molecule has 23 heavy (non-hydrogen) atoms. The van der Waals surface area contributed by atoms with E-state index in [0.29, 0.717) is 5.92 Å². The molecule has 1 aromatic carbocycles. The highest BCUT2D eigenvalue weighted by Gasteiger charge is 2.46. The zero-order chi connectivity index (χ0) is 16.9. The number of hydrogen-bond acceptors (Lipinski definition) is 3. The van der Waals surface area contributed by atoms with Crippen molar-refractivity contribution in [1.29, 1.82) is 0 Å². The van der Waals surface area contributed by atoms with Crippen molar-refractivity contribution in [1.82, 2.24) is 10.2 Å². The molecule has 1 amide bonds. The van der Waals surface area contributed by atoms with E-state index >= 15 is 0 Å². The Kier molecular flexibility index (Phi) is 6.05. The Labute approximate surface area is 140 Å². The molecule has 0 atom stereocenters. The second-order valence-electron chi connectivity index (χ2n) is 7.00. The second-order valence-corrected chi connectivity index (χ2v) is 7.00. The van der Waals surface area contributed by atoms with Crippen LogP contribution in [0, 0.1) is 5.92 Å². The van der Waals surface area contributed by atoms with Crippen LogP contribution in [0.4, 0.5) is 0 Å². The lowest BCUT2D eigenvalue weighted by Gasteiger charge is -2.43. The predicted octanol–water partition coefficient (Wildman–Crippen LogP) is 2.82. The fraction of sp³-hybridized carbons (Fsp3) is 0.632. The van der Waals surface area contributed by atoms with Gasteiger partial charge >= 0.3 is 0 Å². The zero-order valence-corrected chi connectivity index (χ0v) is 14.9. The molecule has 0 heterocycles. The lowest BCUT2D eigenvalue weighted by atomic mass is 9.63. The average Bonchev–Trinajstić information content (AvgIpc) is 2.50. The van der Waals surface area contributed by atoms with Gasteiger partial charge in [0.2, 0.25) is 5.91 Å². The van der Waals surface area contributed by atoms with E-state index in [4.69, 9.17) is 4.74 Å². The van der Waals surface area contributed by atoms with Gasteiger partial charge in [0, 0.05) is 20.1 Å². The van der Waals surface area contributed by atoms with Crippen LogP contribution < -0.4 is 10.1 Å². The Morgan fingerprint density at radius 1 is 1.30 bits per heavy atom. The van der Waals surface area contributed by atoms with Gasteiger partial charge in [-0.05, 0) is 43.5 Å². The van der Waals surface area contributed by atoms with E-state index < -0.39 is 0 Å². The van der Waals surface area contributed by atoms with E-state index in [-0.39, 0.29) is 11.3 Å². The lowest BCUT2D eigenvalue weighted by molar-refractivity contribution is -0.139. The highest BCUT2D eigenvalue weighted by Crippen LogP contribution is 2.45.